The van der Waals surface area contributed by atoms with Crippen LogP contribution in [0.15, 0.2) is 47.5 Å². The molecule has 2 heterocycles. The Labute approximate surface area is 132 Å². The third kappa shape index (κ3) is 3.42. The van der Waals surface area contributed by atoms with Crippen molar-refractivity contribution in [1.29, 1.82) is 0 Å². The van der Waals surface area contributed by atoms with Crippen LogP contribution >= 0.6 is 0 Å². The van der Waals surface area contributed by atoms with Crippen molar-refractivity contribution in [3.05, 3.63) is 54.4 Å². The molecule has 0 amide bonds. The van der Waals surface area contributed by atoms with E-state index in [4.69, 9.17) is 4.74 Å². The Morgan fingerprint density at radius 1 is 1.33 bits per heavy atom. The average Bonchev–Trinajstić information content (AvgIpc) is 3.23. The third-order valence-electron chi connectivity index (χ3n) is 2.93. The zero-order valence-corrected chi connectivity index (χ0v) is 11.9. The number of ether oxygens (including phenoxy) is 1. The van der Waals surface area contributed by atoms with E-state index in [1.807, 2.05) is 0 Å². The van der Waals surface area contributed by atoms with Gasteiger partial charge in [-0.05, 0) is 11.6 Å². The summed E-state index contributed by atoms with van der Waals surface area (Å²) in [5.41, 5.74) is 0.866. The van der Waals surface area contributed by atoms with Crippen molar-refractivity contribution in [3.63, 3.8) is 0 Å². The molecule has 10 heteroatoms. The van der Waals surface area contributed by atoms with Crippen LogP contribution in [-0.4, -0.2) is 25.8 Å². The van der Waals surface area contributed by atoms with Crippen molar-refractivity contribution in [2.45, 2.75) is 12.8 Å². The van der Waals surface area contributed by atoms with Crippen LogP contribution in [0.5, 0.6) is 0 Å². The highest BCUT2D eigenvalue weighted by Gasteiger charge is 2.38. The Bertz CT molecular complexity index is 843. The molecular formula is C14H9F3N4O3. The van der Waals surface area contributed by atoms with Gasteiger partial charge in [-0.3, -0.25) is 0 Å². The first-order valence-corrected chi connectivity index (χ1v) is 6.59. The highest BCUT2D eigenvalue weighted by molar-refractivity contribution is 5.70. The van der Waals surface area contributed by atoms with Crippen LogP contribution < -0.4 is 0 Å². The normalized spacial score (nSPS) is 11.5. The lowest BCUT2D eigenvalue weighted by Crippen LogP contribution is -2.11. The van der Waals surface area contributed by atoms with E-state index in [2.05, 4.69) is 19.6 Å². The zero-order valence-electron chi connectivity index (χ0n) is 11.9. The fourth-order valence-corrected chi connectivity index (χ4v) is 1.84. The molecular weight excluding hydrogens is 329 g/mol. The number of benzene rings is 1. The van der Waals surface area contributed by atoms with Crippen LogP contribution in [0.25, 0.3) is 11.4 Å². The van der Waals surface area contributed by atoms with Gasteiger partial charge in [0.2, 0.25) is 5.82 Å². The number of carbonyl (C=O) groups is 1. The fourth-order valence-electron chi connectivity index (χ4n) is 1.84. The second kappa shape index (κ2) is 6.14. The van der Waals surface area contributed by atoms with Crippen molar-refractivity contribution < 1.29 is 27.2 Å². The van der Waals surface area contributed by atoms with Crippen LogP contribution in [0.4, 0.5) is 18.0 Å². The van der Waals surface area contributed by atoms with E-state index >= 15 is 0 Å². The summed E-state index contributed by atoms with van der Waals surface area (Å²) in [6.07, 6.45) is -1.19. The molecule has 7 nitrogen and oxygen atoms in total. The number of carbonyl (C=O) groups excluding carboxylic acids is 1. The first-order valence-electron chi connectivity index (χ1n) is 6.59. The van der Waals surface area contributed by atoms with Gasteiger partial charge in [-0.25, -0.2) is 14.3 Å². The maximum absolute atomic E-state index is 12.5. The van der Waals surface area contributed by atoms with Crippen molar-refractivity contribution >= 4 is 6.09 Å². The van der Waals surface area contributed by atoms with E-state index in [9.17, 15) is 18.0 Å². The molecule has 0 unspecified atom stereocenters. The molecule has 0 atom stereocenters. The lowest BCUT2D eigenvalue weighted by Gasteiger charge is -2.05. The molecule has 0 fully saturated rings. The Balaban J connectivity index is 1.72. The fraction of sp³-hybridized carbons (Fsp3) is 0.143. The number of nitrogens with zero attached hydrogens (tertiary/aromatic N) is 4. The molecule has 0 saturated heterocycles. The van der Waals surface area contributed by atoms with Crippen molar-refractivity contribution in [1.82, 2.24) is 19.7 Å². The van der Waals surface area contributed by atoms with Crippen LogP contribution in [0.3, 0.4) is 0 Å². The van der Waals surface area contributed by atoms with Gasteiger partial charge in [-0.1, -0.05) is 23.4 Å². The van der Waals surface area contributed by atoms with Gasteiger partial charge >= 0.3 is 18.2 Å². The molecule has 0 bridgehead atoms. The van der Waals surface area contributed by atoms with Crippen LogP contribution in [0, 0.1) is 0 Å². The Hall–Kier alpha value is -3.17. The van der Waals surface area contributed by atoms with Gasteiger partial charge in [0.1, 0.15) is 12.9 Å². The van der Waals surface area contributed by atoms with E-state index in [-0.39, 0.29) is 12.4 Å². The van der Waals surface area contributed by atoms with Crippen molar-refractivity contribution in [2.75, 3.05) is 0 Å². The quantitative estimate of drug-likeness (QED) is 0.729. The van der Waals surface area contributed by atoms with E-state index in [1.54, 1.807) is 12.1 Å². The van der Waals surface area contributed by atoms with Crippen LogP contribution in [-0.2, 0) is 17.5 Å². The molecule has 0 aliphatic heterocycles. The summed E-state index contributed by atoms with van der Waals surface area (Å²) >= 11 is 0. The monoisotopic (exact) mass is 338 g/mol. The van der Waals surface area contributed by atoms with Crippen molar-refractivity contribution in [3.8, 4) is 11.4 Å². The maximum Gasteiger partial charge on any atom is 0.471 e. The Morgan fingerprint density at radius 2 is 2.17 bits per heavy atom. The van der Waals surface area contributed by atoms with Gasteiger partial charge in [0.15, 0.2) is 0 Å². The smallest absolute Gasteiger partial charge is 0.444 e. The molecule has 0 aliphatic carbocycles. The summed E-state index contributed by atoms with van der Waals surface area (Å²) in [5, 5.41) is 3.30. The topological polar surface area (TPSA) is 83.0 Å². The van der Waals surface area contributed by atoms with Gasteiger partial charge in [-0.2, -0.15) is 18.2 Å². The summed E-state index contributed by atoms with van der Waals surface area (Å²) in [7, 11) is 0. The van der Waals surface area contributed by atoms with Crippen LogP contribution in [0.2, 0.25) is 0 Å². The maximum atomic E-state index is 12.5. The molecule has 0 radical (unpaired) electrons. The summed E-state index contributed by atoms with van der Waals surface area (Å²) in [6, 6.07) is 6.26. The molecule has 0 saturated carbocycles. The van der Waals surface area contributed by atoms with Gasteiger partial charge in [0.25, 0.3) is 0 Å². The van der Waals surface area contributed by atoms with Crippen molar-refractivity contribution in [2.24, 2.45) is 0 Å². The SMILES string of the molecule is O=C(OCc1cccc(-c2noc(C(F)(F)F)n2)c1)n1ccnc1. The van der Waals surface area contributed by atoms with E-state index < -0.39 is 18.2 Å². The number of hydrogen-bond acceptors (Lipinski definition) is 6. The second-order valence-electron chi connectivity index (χ2n) is 4.65. The summed E-state index contributed by atoms with van der Waals surface area (Å²) < 4.78 is 47.8. The molecule has 124 valence electrons. The number of imidazole rings is 1. The zero-order chi connectivity index (χ0) is 17.2. The predicted molar refractivity (Wildman–Crippen MR) is 72.5 cm³/mol. The minimum atomic E-state index is -4.71. The average molecular weight is 338 g/mol. The van der Waals surface area contributed by atoms with Gasteiger partial charge in [-0.15, -0.1) is 0 Å². The number of rotatable bonds is 3. The molecule has 24 heavy (non-hydrogen) atoms. The number of aromatic nitrogens is 4. The molecule has 2 aromatic heterocycles. The summed E-state index contributed by atoms with van der Waals surface area (Å²) in [4.78, 5) is 18.7. The second-order valence-corrected chi connectivity index (χ2v) is 4.65. The summed E-state index contributed by atoms with van der Waals surface area (Å²) in [6.45, 7) is -0.0746. The van der Waals surface area contributed by atoms with Gasteiger partial charge in [0, 0.05) is 18.0 Å². The first kappa shape index (κ1) is 15.7. The standard InChI is InChI=1S/C14H9F3N4O3/c15-14(16,17)12-19-11(20-24-12)10-3-1-2-9(6-10)7-23-13(22)21-5-4-18-8-21/h1-6,8H,7H2. The van der Waals surface area contributed by atoms with Gasteiger partial charge < -0.3 is 9.26 Å². The van der Waals surface area contributed by atoms with E-state index in [1.165, 1.54) is 30.9 Å². The molecule has 3 aromatic rings. The van der Waals surface area contributed by atoms with Crippen LogP contribution in [0.1, 0.15) is 11.5 Å². The lowest BCUT2D eigenvalue weighted by atomic mass is 10.1. The molecule has 1 aromatic carbocycles. The predicted octanol–water partition coefficient (Wildman–Crippen LogP) is 3.14. The lowest BCUT2D eigenvalue weighted by molar-refractivity contribution is -0.159. The summed E-state index contributed by atoms with van der Waals surface area (Å²) in [5.74, 6) is -1.63. The van der Waals surface area contributed by atoms with E-state index in [0.717, 1.165) is 4.57 Å². The molecule has 3 rings (SSSR count). The number of halogens is 3. The molecule has 0 spiro atoms. The van der Waals surface area contributed by atoms with Gasteiger partial charge in [0.05, 0.1) is 0 Å². The van der Waals surface area contributed by atoms with E-state index in [0.29, 0.717) is 11.1 Å². The first-order chi connectivity index (χ1) is 11.4. The molecule has 0 aliphatic rings. The number of alkyl halides is 3. The third-order valence-corrected chi connectivity index (χ3v) is 2.93. The minimum Gasteiger partial charge on any atom is -0.444 e. The Kier molecular flexibility index (Phi) is 4.02. The molecule has 0 N–H and O–H groups in total. The highest BCUT2D eigenvalue weighted by atomic mass is 19.4. The highest BCUT2D eigenvalue weighted by Crippen LogP contribution is 2.29. The Morgan fingerprint density at radius 3 is 2.83 bits per heavy atom. The number of hydrogen-bond donors (Lipinski definition) is 0. The largest absolute Gasteiger partial charge is 0.471 e. The minimum absolute atomic E-state index is 0.0746.